The van der Waals surface area contributed by atoms with E-state index >= 15 is 0 Å². The molecule has 0 aliphatic heterocycles. The Labute approximate surface area is 215 Å². The largest absolute Gasteiger partial charge is 0.469 e. The molecule has 4 saturated carbocycles. The van der Waals surface area contributed by atoms with Crippen LogP contribution in [0.2, 0.25) is 0 Å². The number of carbonyl (C=O) groups excluding carboxylic acids is 1. The average Bonchev–Trinajstić information content (AvgIpc) is 3.18. The van der Waals surface area contributed by atoms with Gasteiger partial charge in [-0.25, -0.2) is 0 Å². The van der Waals surface area contributed by atoms with Crippen LogP contribution in [0.4, 0.5) is 0 Å². The van der Waals surface area contributed by atoms with Crippen molar-refractivity contribution in [2.24, 2.45) is 52.3 Å². The number of aliphatic hydroxyl groups is 1. The third kappa shape index (κ3) is 5.34. The minimum Gasteiger partial charge on any atom is -0.469 e. The Bertz CT molecular complexity index is 728. The Morgan fingerprint density at radius 2 is 1.77 bits per heavy atom. The van der Waals surface area contributed by atoms with E-state index in [0.29, 0.717) is 46.8 Å². The van der Waals surface area contributed by atoms with Crippen LogP contribution in [-0.2, 0) is 9.53 Å². The van der Waals surface area contributed by atoms with Crippen LogP contribution >= 0.6 is 0 Å². The SMILES string of the molecule is COC(=O)CCC(C)C1CCC2C3CC(O)C4CC(CNCCN(C)C)CCC4(C)C3CCC12C. The number of esters is 1. The van der Waals surface area contributed by atoms with Crippen molar-refractivity contribution in [3.63, 3.8) is 0 Å². The van der Waals surface area contributed by atoms with Crippen molar-refractivity contribution in [2.75, 3.05) is 40.8 Å². The summed E-state index contributed by atoms with van der Waals surface area (Å²) < 4.78 is 4.91. The van der Waals surface area contributed by atoms with Gasteiger partial charge < -0.3 is 20.1 Å². The maximum Gasteiger partial charge on any atom is 0.305 e. The Balaban J connectivity index is 1.40. The first kappa shape index (κ1) is 27.4. The average molecular weight is 491 g/mol. The number of fused-ring (bicyclic) bond motifs is 5. The standard InChI is InChI=1S/C30H54N2O3/c1-20(7-10-28(34)35-6)23-8-9-24-22-18-27(33)26-17-21(19-31-15-16-32(4)5)11-13-30(26,3)25(22)12-14-29(23,24)2/h20-27,31,33H,7-19H2,1-6H3. The number of rotatable bonds is 9. The van der Waals surface area contributed by atoms with E-state index in [1.165, 1.54) is 52.1 Å². The molecule has 4 aliphatic rings. The number of aliphatic hydroxyl groups excluding tert-OH is 1. The van der Waals surface area contributed by atoms with Gasteiger partial charge in [0.05, 0.1) is 13.2 Å². The number of carbonyl (C=O) groups is 1. The maximum atomic E-state index is 11.8. The highest BCUT2D eigenvalue weighted by atomic mass is 16.5. The first-order valence-corrected chi connectivity index (χ1v) is 14.7. The third-order valence-corrected chi connectivity index (χ3v) is 11.7. The maximum absolute atomic E-state index is 11.8. The van der Waals surface area contributed by atoms with E-state index in [0.717, 1.165) is 44.3 Å². The molecule has 4 fully saturated rings. The number of nitrogens with zero attached hydrogens (tertiary/aromatic N) is 1. The van der Waals surface area contributed by atoms with E-state index in [9.17, 15) is 9.90 Å². The van der Waals surface area contributed by atoms with Crippen LogP contribution in [0.3, 0.4) is 0 Å². The van der Waals surface area contributed by atoms with Gasteiger partial charge in [0.2, 0.25) is 0 Å². The molecule has 4 aliphatic carbocycles. The first-order chi connectivity index (χ1) is 16.6. The van der Waals surface area contributed by atoms with E-state index in [1.807, 2.05) is 0 Å². The van der Waals surface area contributed by atoms with Crippen molar-refractivity contribution in [2.45, 2.75) is 91.1 Å². The molecular weight excluding hydrogens is 436 g/mol. The molecule has 202 valence electrons. The molecule has 0 bridgehead atoms. The Hall–Kier alpha value is -0.650. The number of hydrogen-bond donors (Lipinski definition) is 2. The number of methoxy groups -OCH3 is 1. The molecule has 10 atom stereocenters. The molecule has 0 aromatic rings. The molecule has 0 saturated heterocycles. The summed E-state index contributed by atoms with van der Waals surface area (Å²) in [6.07, 6.45) is 11.5. The zero-order chi connectivity index (χ0) is 25.4. The lowest BCUT2D eigenvalue weighted by atomic mass is 9.43. The molecule has 4 rings (SSSR count). The molecule has 35 heavy (non-hydrogen) atoms. The summed E-state index contributed by atoms with van der Waals surface area (Å²) in [4.78, 5) is 14.0. The predicted molar refractivity (Wildman–Crippen MR) is 142 cm³/mol. The number of nitrogens with one attached hydrogen (secondary N) is 1. The van der Waals surface area contributed by atoms with Crippen LogP contribution in [-0.4, -0.2) is 62.9 Å². The molecule has 2 N–H and O–H groups in total. The number of ether oxygens (including phenoxy) is 1. The molecule has 10 unspecified atom stereocenters. The third-order valence-electron chi connectivity index (χ3n) is 11.7. The van der Waals surface area contributed by atoms with Gasteiger partial charge in [-0.3, -0.25) is 4.79 Å². The van der Waals surface area contributed by atoms with Crippen LogP contribution in [0, 0.1) is 52.3 Å². The van der Waals surface area contributed by atoms with E-state index in [1.54, 1.807) is 0 Å². The summed E-state index contributed by atoms with van der Waals surface area (Å²) in [5.74, 6) is 4.57. The zero-order valence-electron chi connectivity index (χ0n) is 23.5. The van der Waals surface area contributed by atoms with Crippen molar-refractivity contribution in [3.8, 4) is 0 Å². The minimum absolute atomic E-state index is 0.0712. The quantitative estimate of drug-likeness (QED) is 0.353. The van der Waals surface area contributed by atoms with E-state index in [4.69, 9.17) is 4.74 Å². The van der Waals surface area contributed by atoms with Gasteiger partial charge in [-0.15, -0.1) is 0 Å². The first-order valence-electron chi connectivity index (χ1n) is 14.7. The van der Waals surface area contributed by atoms with Gasteiger partial charge in [-0.1, -0.05) is 20.8 Å². The van der Waals surface area contributed by atoms with Crippen molar-refractivity contribution >= 4 is 5.97 Å². The summed E-state index contributed by atoms with van der Waals surface area (Å²) in [5, 5.41) is 15.2. The van der Waals surface area contributed by atoms with Gasteiger partial charge in [0.25, 0.3) is 0 Å². The summed E-state index contributed by atoms with van der Waals surface area (Å²) >= 11 is 0. The fourth-order valence-corrected chi connectivity index (χ4v) is 9.80. The number of hydrogen-bond acceptors (Lipinski definition) is 5. The second-order valence-corrected chi connectivity index (χ2v) is 13.8. The number of likely N-dealkylation sites (N-methyl/N-ethyl adjacent to an activating group) is 1. The summed E-state index contributed by atoms with van der Waals surface area (Å²) in [7, 11) is 5.76. The second-order valence-electron chi connectivity index (χ2n) is 13.8. The van der Waals surface area contributed by atoms with Gasteiger partial charge in [-0.05, 0) is 131 Å². The molecule has 0 aromatic heterocycles. The molecule has 0 spiro atoms. The van der Waals surface area contributed by atoms with Crippen molar-refractivity contribution in [3.05, 3.63) is 0 Å². The highest BCUT2D eigenvalue weighted by molar-refractivity contribution is 5.69. The fourth-order valence-electron chi connectivity index (χ4n) is 9.80. The highest BCUT2D eigenvalue weighted by Crippen LogP contribution is 2.68. The van der Waals surface area contributed by atoms with Gasteiger partial charge in [0, 0.05) is 19.5 Å². The van der Waals surface area contributed by atoms with E-state index < -0.39 is 0 Å². The molecule has 0 aromatic carbocycles. The van der Waals surface area contributed by atoms with Crippen LogP contribution < -0.4 is 5.32 Å². The molecule has 0 radical (unpaired) electrons. The molecule has 5 heteroatoms. The molecule has 5 nitrogen and oxygen atoms in total. The van der Waals surface area contributed by atoms with Crippen molar-refractivity contribution < 1.29 is 14.6 Å². The second kappa shape index (κ2) is 11.0. The normalized spacial score (nSPS) is 43.8. The molecule has 0 heterocycles. The Morgan fingerprint density at radius 3 is 2.49 bits per heavy atom. The zero-order valence-corrected chi connectivity index (χ0v) is 23.5. The van der Waals surface area contributed by atoms with Crippen LogP contribution in [0.25, 0.3) is 0 Å². The fraction of sp³-hybridized carbons (Fsp3) is 0.967. The van der Waals surface area contributed by atoms with Crippen molar-refractivity contribution in [1.82, 2.24) is 10.2 Å². The predicted octanol–water partition coefficient (Wildman–Crippen LogP) is 4.97. The van der Waals surface area contributed by atoms with Crippen LogP contribution in [0.5, 0.6) is 0 Å². The van der Waals surface area contributed by atoms with E-state index in [-0.39, 0.29) is 12.1 Å². The topological polar surface area (TPSA) is 61.8 Å². The Morgan fingerprint density at radius 1 is 1.06 bits per heavy atom. The summed E-state index contributed by atoms with van der Waals surface area (Å²) in [5.41, 5.74) is 0.672. The van der Waals surface area contributed by atoms with Gasteiger partial charge in [0.15, 0.2) is 0 Å². The minimum atomic E-state index is -0.135. The molecular formula is C30H54N2O3. The van der Waals surface area contributed by atoms with E-state index in [2.05, 4.69) is 45.1 Å². The lowest BCUT2D eigenvalue weighted by molar-refractivity contribution is -0.165. The lowest BCUT2D eigenvalue weighted by Gasteiger charge is -2.62. The smallest absolute Gasteiger partial charge is 0.305 e. The van der Waals surface area contributed by atoms with Gasteiger partial charge >= 0.3 is 5.97 Å². The molecule has 0 amide bonds. The Kier molecular flexibility index (Phi) is 8.60. The summed E-state index contributed by atoms with van der Waals surface area (Å²) in [6.45, 7) is 10.7. The van der Waals surface area contributed by atoms with Gasteiger partial charge in [0.1, 0.15) is 0 Å². The lowest BCUT2D eigenvalue weighted by Crippen LogP contribution is -2.58. The van der Waals surface area contributed by atoms with Crippen LogP contribution in [0.15, 0.2) is 0 Å². The van der Waals surface area contributed by atoms with Crippen LogP contribution in [0.1, 0.15) is 85.0 Å². The van der Waals surface area contributed by atoms with Gasteiger partial charge in [-0.2, -0.15) is 0 Å². The highest BCUT2D eigenvalue weighted by Gasteiger charge is 2.62. The monoisotopic (exact) mass is 490 g/mol. The summed E-state index contributed by atoms with van der Waals surface area (Å²) in [6, 6.07) is 0. The van der Waals surface area contributed by atoms with Crippen molar-refractivity contribution in [1.29, 1.82) is 0 Å².